The summed E-state index contributed by atoms with van der Waals surface area (Å²) in [6, 6.07) is 8.41. The Morgan fingerprint density at radius 1 is 1.22 bits per heavy atom. The Hall–Kier alpha value is -2.10. The summed E-state index contributed by atoms with van der Waals surface area (Å²) in [6.45, 7) is 3.85. The minimum absolute atomic E-state index is 0.0792. The first-order valence-corrected chi connectivity index (χ1v) is 5.68. The van der Waals surface area contributed by atoms with Gasteiger partial charge in [0.25, 0.3) is 0 Å². The molecule has 0 saturated heterocycles. The summed E-state index contributed by atoms with van der Waals surface area (Å²) < 4.78 is 19.1. The first kappa shape index (κ1) is 12.4. The molecule has 2 N–H and O–H groups in total. The molecular formula is C14H15FN2O. The Morgan fingerprint density at radius 3 is 2.72 bits per heavy atom. The van der Waals surface area contributed by atoms with E-state index in [1.807, 2.05) is 26.0 Å². The topological polar surface area (TPSA) is 48.1 Å². The van der Waals surface area contributed by atoms with Gasteiger partial charge in [-0.15, -0.1) is 0 Å². The molecule has 18 heavy (non-hydrogen) atoms. The molecule has 0 atom stereocenters. The molecule has 0 amide bonds. The van der Waals surface area contributed by atoms with Gasteiger partial charge in [-0.25, -0.2) is 9.37 Å². The maximum atomic E-state index is 13.6. The first-order valence-electron chi connectivity index (χ1n) is 5.68. The second-order valence-corrected chi connectivity index (χ2v) is 4.17. The monoisotopic (exact) mass is 246 g/mol. The van der Waals surface area contributed by atoms with Crippen molar-refractivity contribution in [2.45, 2.75) is 20.5 Å². The molecule has 0 fully saturated rings. The molecule has 1 aromatic heterocycles. The molecule has 1 aromatic carbocycles. The van der Waals surface area contributed by atoms with Crippen LogP contribution in [0.25, 0.3) is 0 Å². The number of aryl methyl sites for hydroxylation is 2. The maximum Gasteiger partial charge on any atom is 0.216 e. The number of rotatable bonds is 3. The van der Waals surface area contributed by atoms with Crippen molar-refractivity contribution in [2.24, 2.45) is 0 Å². The minimum atomic E-state index is -0.361. The molecule has 94 valence electrons. The highest BCUT2D eigenvalue weighted by molar-refractivity contribution is 5.47. The number of hydrogen-bond acceptors (Lipinski definition) is 3. The molecule has 0 unspecified atom stereocenters. The lowest BCUT2D eigenvalue weighted by Crippen LogP contribution is -2.05. The SMILES string of the molecule is Cc1ccc(C)c(OCc2c(N)cccc2F)n1. The number of halogens is 1. The molecule has 0 aliphatic rings. The average Bonchev–Trinajstić information content (AvgIpc) is 2.33. The molecular weight excluding hydrogens is 231 g/mol. The Bertz CT molecular complexity index is 549. The number of nitrogens with zero attached hydrogens (tertiary/aromatic N) is 1. The van der Waals surface area contributed by atoms with Crippen LogP contribution in [0.2, 0.25) is 0 Å². The third kappa shape index (κ3) is 2.59. The van der Waals surface area contributed by atoms with Crippen LogP contribution >= 0.6 is 0 Å². The molecule has 0 bridgehead atoms. The number of benzene rings is 1. The van der Waals surface area contributed by atoms with Gasteiger partial charge in [0.2, 0.25) is 5.88 Å². The number of anilines is 1. The number of ether oxygens (including phenoxy) is 1. The van der Waals surface area contributed by atoms with Gasteiger partial charge in [0.15, 0.2) is 0 Å². The number of aromatic nitrogens is 1. The Kier molecular flexibility index (Phi) is 3.46. The Morgan fingerprint density at radius 2 is 2.00 bits per heavy atom. The van der Waals surface area contributed by atoms with Crippen LogP contribution in [0.4, 0.5) is 10.1 Å². The number of pyridine rings is 1. The highest BCUT2D eigenvalue weighted by atomic mass is 19.1. The molecule has 0 aliphatic carbocycles. The summed E-state index contributed by atoms with van der Waals surface area (Å²) in [4.78, 5) is 4.26. The number of nitrogen functional groups attached to an aromatic ring is 1. The van der Waals surface area contributed by atoms with Crippen LogP contribution in [0.1, 0.15) is 16.8 Å². The van der Waals surface area contributed by atoms with E-state index in [0.29, 0.717) is 17.1 Å². The van der Waals surface area contributed by atoms with Crippen molar-refractivity contribution in [1.82, 2.24) is 4.98 Å². The van der Waals surface area contributed by atoms with Crippen LogP contribution in [0.5, 0.6) is 5.88 Å². The standard InChI is InChI=1S/C14H15FN2O/c1-9-6-7-10(2)17-14(9)18-8-11-12(15)4-3-5-13(11)16/h3-7H,8,16H2,1-2H3. The van der Waals surface area contributed by atoms with Crippen LogP contribution in [-0.2, 0) is 6.61 Å². The zero-order valence-electron chi connectivity index (χ0n) is 10.4. The van der Waals surface area contributed by atoms with Crippen molar-refractivity contribution in [3.8, 4) is 5.88 Å². The van der Waals surface area contributed by atoms with Crippen LogP contribution in [0, 0.1) is 19.7 Å². The lowest BCUT2D eigenvalue weighted by molar-refractivity contribution is 0.286. The van der Waals surface area contributed by atoms with Crippen molar-refractivity contribution in [2.75, 3.05) is 5.73 Å². The third-order valence-corrected chi connectivity index (χ3v) is 2.70. The molecule has 0 aliphatic heterocycles. The van der Waals surface area contributed by atoms with E-state index in [0.717, 1.165) is 11.3 Å². The smallest absolute Gasteiger partial charge is 0.216 e. The van der Waals surface area contributed by atoms with Gasteiger partial charge in [-0.1, -0.05) is 12.1 Å². The largest absolute Gasteiger partial charge is 0.472 e. The van der Waals surface area contributed by atoms with E-state index in [4.69, 9.17) is 10.5 Å². The van der Waals surface area contributed by atoms with Crippen molar-refractivity contribution < 1.29 is 9.13 Å². The van der Waals surface area contributed by atoms with Gasteiger partial charge < -0.3 is 10.5 Å². The zero-order valence-corrected chi connectivity index (χ0v) is 10.4. The van der Waals surface area contributed by atoms with Crippen molar-refractivity contribution in [3.05, 3.63) is 53.0 Å². The van der Waals surface area contributed by atoms with Gasteiger partial charge in [0.05, 0.1) is 0 Å². The van der Waals surface area contributed by atoms with Crippen molar-refractivity contribution in [1.29, 1.82) is 0 Å². The van der Waals surface area contributed by atoms with E-state index in [-0.39, 0.29) is 12.4 Å². The van der Waals surface area contributed by atoms with Gasteiger partial charge in [-0.3, -0.25) is 0 Å². The quantitative estimate of drug-likeness (QED) is 0.847. The van der Waals surface area contributed by atoms with Gasteiger partial charge in [0, 0.05) is 22.5 Å². The predicted octanol–water partition coefficient (Wildman–Crippen LogP) is 3.00. The van der Waals surface area contributed by atoms with Crippen molar-refractivity contribution >= 4 is 5.69 Å². The summed E-state index contributed by atoms with van der Waals surface area (Å²) in [5, 5.41) is 0. The second kappa shape index (κ2) is 5.04. The van der Waals surface area contributed by atoms with Crippen LogP contribution < -0.4 is 10.5 Å². The summed E-state index contributed by atoms with van der Waals surface area (Å²) in [7, 11) is 0. The van der Waals surface area contributed by atoms with Crippen LogP contribution in [0.15, 0.2) is 30.3 Å². The normalized spacial score (nSPS) is 10.4. The van der Waals surface area contributed by atoms with E-state index in [1.165, 1.54) is 6.07 Å². The highest BCUT2D eigenvalue weighted by Crippen LogP contribution is 2.20. The molecule has 2 rings (SSSR count). The van der Waals surface area contributed by atoms with E-state index in [9.17, 15) is 4.39 Å². The van der Waals surface area contributed by atoms with E-state index < -0.39 is 0 Å². The van der Waals surface area contributed by atoms with E-state index in [1.54, 1.807) is 12.1 Å². The molecule has 1 heterocycles. The second-order valence-electron chi connectivity index (χ2n) is 4.17. The Labute approximate surface area is 105 Å². The fraction of sp³-hybridized carbons (Fsp3) is 0.214. The number of hydrogen-bond donors (Lipinski definition) is 1. The lowest BCUT2D eigenvalue weighted by atomic mass is 10.2. The molecule has 4 heteroatoms. The van der Waals surface area contributed by atoms with Gasteiger partial charge in [-0.2, -0.15) is 0 Å². The molecule has 0 saturated carbocycles. The van der Waals surface area contributed by atoms with Crippen LogP contribution in [-0.4, -0.2) is 4.98 Å². The lowest BCUT2D eigenvalue weighted by Gasteiger charge is -2.11. The summed E-state index contributed by atoms with van der Waals surface area (Å²) >= 11 is 0. The summed E-state index contributed by atoms with van der Waals surface area (Å²) in [5.41, 5.74) is 8.23. The molecule has 3 nitrogen and oxygen atoms in total. The third-order valence-electron chi connectivity index (χ3n) is 2.70. The highest BCUT2D eigenvalue weighted by Gasteiger charge is 2.08. The average molecular weight is 246 g/mol. The van der Waals surface area contributed by atoms with E-state index >= 15 is 0 Å². The first-order chi connectivity index (χ1) is 8.58. The fourth-order valence-electron chi connectivity index (χ4n) is 1.62. The van der Waals surface area contributed by atoms with Crippen molar-refractivity contribution in [3.63, 3.8) is 0 Å². The van der Waals surface area contributed by atoms with Gasteiger partial charge in [0.1, 0.15) is 12.4 Å². The molecule has 0 radical (unpaired) electrons. The predicted molar refractivity (Wildman–Crippen MR) is 68.9 cm³/mol. The maximum absolute atomic E-state index is 13.6. The summed E-state index contributed by atoms with van der Waals surface area (Å²) in [5.74, 6) is 0.151. The van der Waals surface area contributed by atoms with E-state index in [2.05, 4.69) is 4.98 Å². The van der Waals surface area contributed by atoms with Crippen LogP contribution in [0.3, 0.4) is 0 Å². The zero-order chi connectivity index (χ0) is 13.1. The van der Waals surface area contributed by atoms with Gasteiger partial charge in [-0.05, 0) is 32.0 Å². The minimum Gasteiger partial charge on any atom is -0.472 e. The fourth-order valence-corrected chi connectivity index (χ4v) is 1.62. The summed E-state index contributed by atoms with van der Waals surface area (Å²) in [6.07, 6.45) is 0. The molecule has 2 aromatic rings. The number of nitrogens with two attached hydrogens (primary N) is 1. The van der Waals surface area contributed by atoms with Gasteiger partial charge >= 0.3 is 0 Å². The Balaban J connectivity index is 2.19. The molecule has 0 spiro atoms.